The molecule has 2 rings (SSSR count). The molecule has 0 radical (unpaired) electrons. The monoisotopic (exact) mass is 224 g/mol. The van der Waals surface area contributed by atoms with Crippen molar-refractivity contribution >= 4 is 5.91 Å². The zero-order valence-corrected chi connectivity index (χ0v) is 9.11. The number of amides is 1. The summed E-state index contributed by atoms with van der Waals surface area (Å²) >= 11 is 0. The van der Waals surface area contributed by atoms with Gasteiger partial charge in [0.05, 0.1) is 0 Å². The van der Waals surface area contributed by atoms with Crippen LogP contribution in [0.1, 0.15) is 25.1 Å². The highest BCUT2D eigenvalue weighted by molar-refractivity contribution is 5.76. The Labute approximate surface area is 93.8 Å². The largest absolute Gasteiger partial charge is 0.356 e. The van der Waals surface area contributed by atoms with E-state index >= 15 is 0 Å². The van der Waals surface area contributed by atoms with Gasteiger partial charge in [0.15, 0.2) is 5.82 Å². The number of aromatic nitrogens is 2. The fraction of sp³-hybridized carbons (Fsp3) is 0.700. The first-order chi connectivity index (χ1) is 7.84. The fourth-order valence-corrected chi connectivity index (χ4v) is 1.38. The van der Waals surface area contributed by atoms with E-state index < -0.39 is 0 Å². The van der Waals surface area contributed by atoms with Crippen molar-refractivity contribution in [2.24, 2.45) is 0 Å². The molecule has 2 N–H and O–H groups in total. The van der Waals surface area contributed by atoms with Gasteiger partial charge in [-0.1, -0.05) is 5.16 Å². The molecule has 1 heterocycles. The quantitative estimate of drug-likeness (QED) is 0.674. The molecule has 1 fully saturated rings. The van der Waals surface area contributed by atoms with Gasteiger partial charge in [-0.25, -0.2) is 0 Å². The maximum atomic E-state index is 11.4. The molecule has 1 amide bonds. The van der Waals surface area contributed by atoms with E-state index in [-0.39, 0.29) is 5.91 Å². The van der Waals surface area contributed by atoms with Gasteiger partial charge in [-0.3, -0.25) is 4.79 Å². The first kappa shape index (κ1) is 11.1. The summed E-state index contributed by atoms with van der Waals surface area (Å²) in [5, 5.41) is 9.76. The SMILES string of the molecule is O=C(CCNC1CC1)NCCc1ncon1. The number of hydrogen-bond acceptors (Lipinski definition) is 5. The molecule has 1 saturated carbocycles. The van der Waals surface area contributed by atoms with Gasteiger partial charge in [0.1, 0.15) is 0 Å². The standard InChI is InChI=1S/C10H16N4O2/c15-10(4-6-11-8-1-2-8)12-5-3-9-13-7-16-14-9/h7-8,11H,1-6H2,(H,12,15). The maximum Gasteiger partial charge on any atom is 0.221 e. The summed E-state index contributed by atoms with van der Waals surface area (Å²) in [5.74, 6) is 0.688. The summed E-state index contributed by atoms with van der Waals surface area (Å²) in [6.45, 7) is 1.32. The lowest BCUT2D eigenvalue weighted by atomic mass is 10.3. The van der Waals surface area contributed by atoms with Gasteiger partial charge in [0.25, 0.3) is 0 Å². The Balaban J connectivity index is 1.49. The molecule has 6 heteroatoms. The van der Waals surface area contributed by atoms with Gasteiger partial charge >= 0.3 is 0 Å². The number of rotatable bonds is 7. The lowest BCUT2D eigenvalue weighted by Gasteiger charge is -2.04. The van der Waals surface area contributed by atoms with Crippen LogP contribution in [0, 0.1) is 0 Å². The van der Waals surface area contributed by atoms with E-state index in [9.17, 15) is 4.79 Å². The molecule has 16 heavy (non-hydrogen) atoms. The van der Waals surface area contributed by atoms with Crippen LogP contribution in [-0.4, -0.2) is 35.2 Å². The van der Waals surface area contributed by atoms with Crippen LogP contribution in [0.5, 0.6) is 0 Å². The van der Waals surface area contributed by atoms with Crippen molar-refractivity contribution in [3.05, 3.63) is 12.2 Å². The molecule has 6 nitrogen and oxygen atoms in total. The second-order valence-electron chi connectivity index (χ2n) is 3.93. The van der Waals surface area contributed by atoms with Crippen molar-refractivity contribution in [2.45, 2.75) is 31.7 Å². The summed E-state index contributed by atoms with van der Waals surface area (Å²) in [4.78, 5) is 15.2. The van der Waals surface area contributed by atoms with E-state index in [0.29, 0.717) is 31.3 Å². The number of carbonyl (C=O) groups is 1. The summed E-state index contributed by atoms with van der Waals surface area (Å²) < 4.78 is 4.59. The van der Waals surface area contributed by atoms with Crippen molar-refractivity contribution in [3.8, 4) is 0 Å². The van der Waals surface area contributed by atoms with E-state index in [4.69, 9.17) is 0 Å². The van der Waals surface area contributed by atoms with E-state index in [2.05, 4.69) is 25.3 Å². The molecule has 0 bridgehead atoms. The molecule has 0 spiro atoms. The average Bonchev–Trinajstić information content (AvgIpc) is 2.94. The van der Waals surface area contributed by atoms with Crippen LogP contribution in [0.4, 0.5) is 0 Å². The smallest absolute Gasteiger partial charge is 0.221 e. The number of hydrogen-bond donors (Lipinski definition) is 2. The minimum Gasteiger partial charge on any atom is -0.356 e. The van der Waals surface area contributed by atoms with Crippen molar-refractivity contribution in [3.63, 3.8) is 0 Å². The molecule has 0 aromatic carbocycles. The number of carbonyl (C=O) groups excluding carboxylic acids is 1. The van der Waals surface area contributed by atoms with Gasteiger partial charge in [-0.15, -0.1) is 0 Å². The van der Waals surface area contributed by atoms with Crippen LogP contribution in [-0.2, 0) is 11.2 Å². The molecule has 0 unspecified atom stereocenters. The minimum atomic E-state index is 0.0663. The number of nitrogens with zero attached hydrogens (tertiary/aromatic N) is 2. The van der Waals surface area contributed by atoms with Crippen LogP contribution in [0.15, 0.2) is 10.9 Å². The van der Waals surface area contributed by atoms with Crippen molar-refractivity contribution in [1.82, 2.24) is 20.8 Å². The predicted molar refractivity (Wildman–Crippen MR) is 56.7 cm³/mol. The third-order valence-electron chi connectivity index (χ3n) is 2.44. The van der Waals surface area contributed by atoms with E-state index in [1.807, 2.05) is 0 Å². The van der Waals surface area contributed by atoms with E-state index in [1.54, 1.807) is 0 Å². The van der Waals surface area contributed by atoms with Crippen molar-refractivity contribution in [2.75, 3.05) is 13.1 Å². The Morgan fingerprint density at radius 2 is 2.38 bits per heavy atom. The van der Waals surface area contributed by atoms with Crippen molar-refractivity contribution in [1.29, 1.82) is 0 Å². The lowest BCUT2D eigenvalue weighted by molar-refractivity contribution is -0.120. The average molecular weight is 224 g/mol. The van der Waals surface area contributed by atoms with Crippen LogP contribution < -0.4 is 10.6 Å². The highest BCUT2D eigenvalue weighted by Gasteiger charge is 2.19. The molecule has 1 aromatic rings. The van der Waals surface area contributed by atoms with Crippen LogP contribution in [0.3, 0.4) is 0 Å². The second kappa shape index (κ2) is 5.60. The van der Waals surface area contributed by atoms with Gasteiger partial charge in [-0.05, 0) is 12.8 Å². The Hall–Kier alpha value is -1.43. The van der Waals surface area contributed by atoms with Gasteiger partial charge in [0, 0.05) is 32.0 Å². The molecule has 0 aliphatic heterocycles. The predicted octanol–water partition coefficient (Wildman–Crippen LogP) is -0.130. The molecule has 88 valence electrons. The number of nitrogens with one attached hydrogen (secondary N) is 2. The molecular formula is C10H16N4O2. The van der Waals surface area contributed by atoms with Gasteiger partial charge in [0.2, 0.25) is 12.3 Å². The Morgan fingerprint density at radius 3 is 3.06 bits per heavy atom. The molecule has 1 aromatic heterocycles. The summed E-state index contributed by atoms with van der Waals surface area (Å²) in [7, 11) is 0. The first-order valence-electron chi connectivity index (χ1n) is 5.60. The lowest BCUT2D eigenvalue weighted by Crippen LogP contribution is -2.29. The Morgan fingerprint density at radius 1 is 1.50 bits per heavy atom. The molecule has 0 saturated heterocycles. The minimum absolute atomic E-state index is 0.0663. The van der Waals surface area contributed by atoms with E-state index in [1.165, 1.54) is 19.2 Å². The molecule has 1 aliphatic rings. The second-order valence-corrected chi connectivity index (χ2v) is 3.93. The van der Waals surface area contributed by atoms with Gasteiger partial charge < -0.3 is 15.2 Å². The van der Waals surface area contributed by atoms with E-state index in [0.717, 1.165) is 6.54 Å². The summed E-state index contributed by atoms with van der Waals surface area (Å²) in [6, 6.07) is 0.659. The summed E-state index contributed by atoms with van der Waals surface area (Å²) in [5.41, 5.74) is 0. The van der Waals surface area contributed by atoms with Crippen LogP contribution >= 0.6 is 0 Å². The molecule has 1 aliphatic carbocycles. The topological polar surface area (TPSA) is 80.0 Å². The van der Waals surface area contributed by atoms with Crippen molar-refractivity contribution < 1.29 is 9.32 Å². The van der Waals surface area contributed by atoms with Crippen LogP contribution in [0.25, 0.3) is 0 Å². The zero-order chi connectivity index (χ0) is 11.2. The molecular weight excluding hydrogens is 208 g/mol. The highest BCUT2D eigenvalue weighted by Crippen LogP contribution is 2.18. The first-order valence-corrected chi connectivity index (χ1v) is 5.60. The summed E-state index contributed by atoms with van der Waals surface area (Å²) in [6.07, 6.45) is 4.93. The Bertz CT molecular complexity index is 322. The normalized spacial score (nSPS) is 15.0. The highest BCUT2D eigenvalue weighted by atomic mass is 16.5. The third kappa shape index (κ3) is 3.98. The van der Waals surface area contributed by atoms with Crippen LogP contribution in [0.2, 0.25) is 0 Å². The fourth-order valence-electron chi connectivity index (χ4n) is 1.38. The Kier molecular flexibility index (Phi) is 3.87. The molecule has 0 atom stereocenters. The zero-order valence-electron chi connectivity index (χ0n) is 9.11. The van der Waals surface area contributed by atoms with Gasteiger partial charge in [-0.2, -0.15) is 4.98 Å². The third-order valence-corrected chi connectivity index (χ3v) is 2.44. The maximum absolute atomic E-state index is 11.4.